The number of hydrogen-bond acceptors (Lipinski definition) is 2. The number of aryl methyl sites for hydroxylation is 1. The third-order valence-corrected chi connectivity index (χ3v) is 5.37. The van der Waals surface area contributed by atoms with Gasteiger partial charge < -0.3 is 5.73 Å². The van der Waals surface area contributed by atoms with Gasteiger partial charge in [0.15, 0.2) is 0 Å². The van der Waals surface area contributed by atoms with Gasteiger partial charge in [-0.2, -0.15) is 0 Å². The molecule has 1 aliphatic carbocycles. The van der Waals surface area contributed by atoms with Crippen LogP contribution in [-0.2, 0) is 10.8 Å². The van der Waals surface area contributed by atoms with Crippen LogP contribution < -0.4 is 5.73 Å². The maximum absolute atomic E-state index is 12.5. The lowest BCUT2D eigenvalue weighted by Gasteiger charge is -2.28. The van der Waals surface area contributed by atoms with Crippen LogP contribution in [0.4, 0.5) is 0 Å². The van der Waals surface area contributed by atoms with Gasteiger partial charge in [0.2, 0.25) is 0 Å². The van der Waals surface area contributed by atoms with Gasteiger partial charge in [0.25, 0.3) is 0 Å². The fourth-order valence-electron chi connectivity index (χ4n) is 2.34. The van der Waals surface area contributed by atoms with E-state index in [1.165, 1.54) is 6.42 Å². The Morgan fingerprint density at radius 2 is 1.94 bits per heavy atom. The van der Waals surface area contributed by atoms with E-state index in [-0.39, 0.29) is 11.3 Å². The molecule has 0 bridgehead atoms. The Kier molecular flexibility index (Phi) is 3.77. The van der Waals surface area contributed by atoms with E-state index in [2.05, 4.69) is 0 Å². The lowest BCUT2D eigenvalue weighted by molar-refractivity contribution is 0.445. The van der Waals surface area contributed by atoms with Gasteiger partial charge in [0, 0.05) is 10.9 Å². The highest BCUT2D eigenvalue weighted by molar-refractivity contribution is 7.85. The van der Waals surface area contributed by atoms with Crippen molar-refractivity contribution in [2.24, 2.45) is 5.73 Å². The second kappa shape index (κ2) is 5.11. The summed E-state index contributed by atoms with van der Waals surface area (Å²) in [6, 6.07) is 8.02. The monoisotopic (exact) mass is 237 g/mol. The summed E-state index contributed by atoms with van der Waals surface area (Å²) in [7, 11) is -0.937. The molecule has 1 aromatic rings. The van der Waals surface area contributed by atoms with Gasteiger partial charge in [0.05, 0.1) is 16.0 Å². The van der Waals surface area contributed by atoms with Crippen LogP contribution in [0.25, 0.3) is 0 Å². The zero-order valence-electron chi connectivity index (χ0n) is 9.69. The molecule has 2 nitrogen and oxygen atoms in total. The Hall–Kier alpha value is -0.670. The highest BCUT2D eigenvalue weighted by Crippen LogP contribution is 2.26. The molecule has 1 aliphatic rings. The quantitative estimate of drug-likeness (QED) is 0.858. The second-order valence-electron chi connectivity index (χ2n) is 4.55. The largest absolute Gasteiger partial charge is 0.327 e. The van der Waals surface area contributed by atoms with E-state index >= 15 is 0 Å². The molecule has 0 amide bonds. The molecule has 2 rings (SSSR count). The maximum Gasteiger partial charge on any atom is 0.0579 e. The standard InChI is InChI=1S/C13H19NOS/c1-10-6-2-4-8-12(10)16(15)13-9-5-3-7-11(13)14/h2,4,6,8,11,13H,3,5,7,9,14H2,1H3. The van der Waals surface area contributed by atoms with Crippen LogP contribution in [0.15, 0.2) is 29.2 Å². The summed E-state index contributed by atoms with van der Waals surface area (Å²) in [6.07, 6.45) is 4.36. The first-order chi connectivity index (χ1) is 7.70. The third kappa shape index (κ3) is 2.36. The minimum Gasteiger partial charge on any atom is -0.327 e. The SMILES string of the molecule is Cc1ccccc1S(=O)C1CCCCC1N. The van der Waals surface area contributed by atoms with E-state index in [1.807, 2.05) is 31.2 Å². The van der Waals surface area contributed by atoms with E-state index in [4.69, 9.17) is 5.73 Å². The molecule has 3 atom stereocenters. The number of benzene rings is 1. The highest BCUT2D eigenvalue weighted by Gasteiger charge is 2.28. The molecule has 0 spiro atoms. The molecule has 0 saturated heterocycles. The number of hydrogen-bond donors (Lipinski definition) is 1. The Balaban J connectivity index is 2.21. The predicted octanol–water partition coefficient (Wildman–Crippen LogP) is 2.37. The van der Waals surface area contributed by atoms with Crippen molar-refractivity contribution >= 4 is 10.8 Å². The van der Waals surface area contributed by atoms with Gasteiger partial charge in [-0.1, -0.05) is 31.0 Å². The normalized spacial score (nSPS) is 27.6. The van der Waals surface area contributed by atoms with E-state index in [1.54, 1.807) is 0 Å². The summed E-state index contributed by atoms with van der Waals surface area (Å²) in [4.78, 5) is 0.963. The first-order valence-electron chi connectivity index (χ1n) is 5.92. The van der Waals surface area contributed by atoms with Crippen LogP contribution >= 0.6 is 0 Å². The summed E-state index contributed by atoms with van der Waals surface area (Å²) in [5.41, 5.74) is 7.18. The molecule has 16 heavy (non-hydrogen) atoms. The fourth-order valence-corrected chi connectivity index (χ4v) is 4.10. The molecule has 2 N–H and O–H groups in total. The Labute approximate surface area is 99.7 Å². The van der Waals surface area contributed by atoms with E-state index < -0.39 is 10.8 Å². The van der Waals surface area contributed by atoms with Crippen LogP contribution in [0.1, 0.15) is 31.2 Å². The Morgan fingerprint density at radius 3 is 2.62 bits per heavy atom. The zero-order valence-corrected chi connectivity index (χ0v) is 10.5. The zero-order chi connectivity index (χ0) is 11.5. The number of rotatable bonds is 2. The van der Waals surface area contributed by atoms with Gasteiger partial charge in [0.1, 0.15) is 0 Å². The van der Waals surface area contributed by atoms with Crippen LogP contribution in [-0.4, -0.2) is 15.5 Å². The van der Waals surface area contributed by atoms with Crippen LogP contribution in [0.5, 0.6) is 0 Å². The minimum absolute atomic E-state index is 0.106. The lowest BCUT2D eigenvalue weighted by Crippen LogP contribution is -2.40. The topological polar surface area (TPSA) is 43.1 Å². The van der Waals surface area contributed by atoms with Crippen molar-refractivity contribution < 1.29 is 4.21 Å². The van der Waals surface area contributed by atoms with Crippen molar-refractivity contribution in [2.75, 3.05) is 0 Å². The first-order valence-corrected chi connectivity index (χ1v) is 7.13. The summed E-state index contributed by atoms with van der Waals surface area (Å²) in [5, 5.41) is 0.148. The fraction of sp³-hybridized carbons (Fsp3) is 0.538. The Morgan fingerprint density at radius 1 is 1.25 bits per heavy atom. The van der Waals surface area contributed by atoms with Gasteiger partial charge in [-0.05, 0) is 31.4 Å². The Bertz CT molecular complexity index is 391. The van der Waals surface area contributed by atoms with Crippen LogP contribution in [0, 0.1) is 6.92 Å². The summed E-state index contributed by atoms with van der Waals surface area (Å²) in [5.74, 6) is 0. The minimum atomic E-state index is -0.937. The molecule has 3 unspecified atom stereocenters. The molecule has 88 valence electrons. The number of nitrogens with two attached hydrogens (primary N) is 1. The highest BCUT2D eigenvalue weighted by atomic mass is 32.2. The van der Waals surface area contributed by atoms with E-state index in [0.717, 1.165) is 29.7 Å². The van der Waals surface area contributed by atoms with Crippen molar-refractivity contribution in [1.29, 1.82) is 0 Å². The molecule has 1 aromatic carbocycles. The van der Waals surface area contributed by atoms with Crippen molar-refractivity contribution in [1.82, 2.24) is 0 Å². The van der Waals surface area contributed by atoms with Crippen molar-refractivity contribution in [2.45, 2.75) is 48.8 Å². The molecular formula is C13H19NOS. The van der Waals surface area contributed by atoms with Crippen molar-refractivity contribution in [3.05, 3.63) is 29.8 Å². The third-order valence-electron chi connectivity index (χ3n) is 3.34. The maximum atomic E-state index is 12.5. The average Bonchev–Trinajstić information content (AvgIpc) is 2.29. The van der Waals surface area contributed by atoms with E-state index in [0.29, 0.717) is 0 Å². The summed E-state index contributed by atoms with van der Waals surface area (Å²) < 4.78 is 12.5. The smallest absolute Gasteiger partial charge is 0.0579 e. The molecule has 1 fully saturated rings. The first kappa shape index (κ1) is 11.8. The molecular weight excluding hydrogens is 218 g/mol. The van der Waals surface area contributed by atoms with Crippen LogP contribution in [0.3, 0.4) is 0 Å². The average molecular weight is 237 g/mol. The van der Waals surface area contributed by atoms with Crippen molar-refractivity contribution in [3.8, 4) is 0 Å². The van der Waals surface area contributed by atoms with Gasteiger partial charge in [-0.3, -0.25) is 4.21 Å². The summed E-state index contributed by atoms with van der Waals surface area (Å²) in [6.45, 7) is 2.02. The van der Waals surface area contributed by atoms with Crippen LogP contribution in [0.2, 0.25) is 0 Å². The van der Waals surface area contributed by atoms with E-state index in [9.17, 15) is 4.21 Å². The molecule has 3 heteroatoms. The molecule has 1 saturated carbocycles. The second-order valence-corrected chi connectivity index (χ2v) is 6.19. The van der Waals surface area contributed by atoms with Gasteiger partial charge in [-0.15, -0.1) is 0 Å². The summed E-state index contributed by atoms with van der Waals surface area (Å²) >= 11 is 0. The molecule has 0 aromatic heterocycles. The molecule has 0 radical (unpaired) electrons. The van der Waals surface area contributed by atoms with Gasteiger partial charge in [-0.25, -0.2) is 0 Å². The van der Waals surface area contributed by atoms with Gasteiger partial charge >= 0.3 is 0 Å². The van der Waals surface area contributed by atoms with Crippen molar-refractivity contribution in [3.63, 3.8) is 0 Å². The molecule has 0 heterocycles. The lowest BCUT2D eigenvalue weighted by atomic mass is 9.96. The molecule has 0 aliphatic heterocycles. The predicted molar refractivity (Wildman–Crippen MR) is 67.8 cm³/mol.